The summed E-state index contributed by atoms with van der Waals surface area (Å²) >= 11 is 0. The van der Waals surface area contributed by atoms with E-state index in [1.165, 1.54) is 16.3 Å². The van der Waals surface area contributed by atoms with Crippen molar-refractivity contribution in [2.24, 2.45) is 0 Å². The fourth-order valence-electron chi connectivity index (χ4n) is 3.00. The van der Waals surface area contributed by atoms with Crippen molar-refractivity contribution >= 4 is 10.8 Å². The number of fused-ring (bicyclic) bond motifs is 1. The Morgan fingerprint density at radius 2 is 2.00 bits per heavy atom. The largest absolute Gasteiger partial charge is 0.497 e. The van der Waals surface area contributed by atoms with E-state index in [0.29, 0.717) is 0 Å². The summed E-state index contributed by atoms with van der Waals surface area (Å²) in [5.74, 6) is 0.898. The third-order valence-electron chi connectivity index (χ3n) is 4.08. The van der Waals surface area contributed by atoms with Crippen molar-refractivity contribution in [3.05, 3.63) is 42.0 Å². The number of ether oxygens (including phenoxy) is 2. The SMILES string of the molecule is CNC(c1ccc2cc(OC)ccc2c1)C1CCCO1. The molecule has 106 valence electrons. The van der Waals surface area contributed by atoms with Crippen molar-refractivity contribution in [1.82, 2.24) is 5.32 Å². The van der Waals surface area contributed by atoms with E-state index in [4.69, 9.17) is 9.47 Å². The molecule has 3 rings (SSSR count). The van der Waals surface area contributed by atoms with Crippen LogP contribution in [-0.2, 0) is 4.74 Å². The molecule has 1 aliphatic heterocycles. The highest BCUT2D eigenvalue weighted by molar-refractivity contribution is 5.84. The zero-order valence-electron chi connectivity index (χ0n) is 12.1. The zero-order valence-corrected chi connectivity index (χ0v) is 12.1. The molecule has 0 aromatic heterocycles. The van der Waals surface area contributed by atoms with Gasteiger partial charge in [-0.15, -0.1) is 0 Å². The van der Waals surface area contributed by atoms with Crippen LogP contribution in [0, 0.1) is 0 Å². The lowest BCUT2D eigenvalue weighted by Gasteiger charge is -2.23. The molecule has 2 aromatic rings. The van der Waals surface area contributed by atoms with E-state index in [-0.39, 0.29) is 12.1 Å². The predicted octanol–water partition coefficient (Wildman–Crippen LogP) is 3.29. The van der Waals surface area contributed by atoms with Gasteiger partial charge in [-0.25, -0.2) is 0 Å². The molecule has 1 fully saturated rings. The molecule has 3 heteroatoms. The number of benzene rings is 2. The molecule has 1 aliphatic rings. The second kappa shape index (κ2) is 5.81. The van der Waals surface area contributed by atoms with E-state index in [9.17, 15) is 0 Å². The molecule has 1 heterocycles. The van der Waals surface area contributed by atoms with Crippen LogP contribution in [0.1, 0.15) is 24.4 Å². The van der Waals surface area contributed by atoms with Gasteiger partial charge in [-0.1, -0.05) is 18.2 Å². The summed E-state index contributed by atoms with van der Waals surface area (Å²) < 4.78 is 11.1. The fraction of sp³-hybridized carbons (Fsp3) is 0.412. The van der Waals surface area contributed by atoms with E-state index >= 15 is 0 Å². The van der Waals surface area contributed by atoms with E-state index in [1.54, 1.807) is 7.11 Å². The Balaban J connectivity index is 1.94. The molecule has 3 nitrogen and oxygen atoms in total. The molecule has 20 heavy (non-hydrogen) atoms. The van der Waals surface area contributed by atoms with Crippen LogP contribution in [0.2, 0.25) is 0 Å². The third kappa shape index (κ3) is 2.51. The van der Waals surface area contributed by atoms with Gasteiger partial charge in [0.25, 0.3) is 0 Å². The first kappa shape index (κ1) is 13.4. The lowest BCUT2D eigenvalue weighted by atomic mass is 9.97. The minimum atomic E-state index is 0.268. The second-order valence-electron chi connectivity index (χ2n) is 5.29. The molecular weight excluding hydrogens is 250 g/mol. The van der Waals surface area contributed by atoms with Crippen molar-refractivity contribution in [2.75, 3.05) is 20.8 Å². The summed E-state index contributed by atoms with van der Waals surface area (Å²) in [6.45, 7) is 0.883. The maximum atomic E-state index is 5.83. The summed E-state index contributed by atoms with van der Waals surface area (Å²) in [6.07, 6.45) is 2.58. The molecule has 0 radical (unpaired) electrons. The van der Waals surface area contributed by atoms with Crippen LogP contribution in [0.3, 0.4) is 0 Å². The van der Waals surface area contributed by atoms with Gasteiger partial charge in [0.2, 0.25) is 0 Å². The smallest absolute Gasteiger partial charge is 0.119 e. The Bertz CT molecular complexity index is 591. The van der Waals surface area contributed by atoms with E-state index < -0.39 is 0 Å². The Morgan fingerprint density at radius 1 is 1.20 bits per heavy atom. The molecule has 0 bridgehead atoms. The maximum Gasteiger partial charge on any atom is 0.119 e. The van der Waals surface area contributed by atoms with Crippen LogP contribution in [0.4, 0.5) is 0 Å². The normalized spacial score (nSPS) is 20.2. The van der Waals surface area contributed by atoms with Crippen LogP contribution < -0.4 is 10.1 Å². The monoisotopic (exact) mass is 271 g/mol. The first-order valence-electron chi connectivity index (χ1n) is 7.18. The van der Waals surface area contributed by atoms with Gasteiger partial charge < -0.3 is 14.8 Å². The summed E-state index contributed by atoms with van der Waals surface area (Å²) in [7, 11) is 3.70. The maximum absolute atomic E-state index is 5.83. The molecule has 2 aromatic carbocycles. The minimum Gasteiger partial charge on any atom is -0.497 e. The third-order valence-corrected chi connectivity index (χ3v) is 4.08. The predicted molar refractivity (Wildman–Crippen MR) is 81.3 cm³/mol. The van der Waals surface area contributed by atoms with Crippen LogP contribution in [-0.4, -0.2) is 26.9 Å². The summed E-state index contributed by atoms with van der Waals surface area (Å²) in [5, 5.41) is 5.84. The van der Waals surface area contributed by atoms with Gasteiger partial charge >= 0.3 is 0 Å². The van der Waals surface area contributed by atoms with E-state index in [2.05, 4.69) is 35.6 Å². The molecule has 0 amide bonds. The first-order valence-corrected chi connectivity index (χ1v) is 7.18. The Kier molecular flexibility index (Phi) is 3.90. The summed E-state index contributed by atoms with van der Waals surface area (Å²) in [4.78, 5) is 0. The molecule has 0 saturated carbocycles. The van der Waals surface area contributed by atoms with Crippen LogP contribution in [0.25, 0.3) is 10.8 Å². The molecule has 2 atom stereocenters. The quantitative estimate of drug-likeness (QED) is 0.925. The highest BCUT2D eigenvalue weighted by Gasteiger charge is 2.26. The van der Waals surface area contributed by atoms with Gasteiger partial charge in [-0.05, 0) is 54.4 Å². The average Bonchev–Trinajstić information content (AvgIpc) is 3.01. The number of hydrogen-bond donors (Lipinski definition) is 1. The minimum absolute atomic E-state index is 0.268. The van der Waals surface area contributed by atoms with Crippen molar-refractivity contribution in [1.29, 1.82) is 0 Å². The molecule has 0 spiro atoms. The van der Waals surface area contributed by atoms with Gasteiger partial charge in [0, 0.05) is 6.61 Å². The molecule has 1 N–H and O–H groups in total. The van der Waals surface area contributed by atoms with Gasteiger partial charge in [-0.3, -0.25) is 0 Å². The molecule has 0 aliphatic carbocycles. The zero-order chi connectivity index (χ0) is 13.9. The molecular formula is C17H21NO2. The van der Waals surface area contributed by atoms with E-state index in [1.807, 2.05) is 13.1 Å². The Labute approximate surface area is 119 Å². The lowest BCUT2D eigenvalue weighted by Crippen LogP contribution is -2.28. The topological polar surface area (TPSA) is 30.5 Å². The summed E-state index contributed by atoms with van der Waals surface area (Å²) in [5.41, 5.74) is 1.29. The van der Waals surface area contributed by atoms with Gasteiger partial charge in [0.15, 0.2) is 0 Å². The summed E-state index contributed by atoms with van der Waals surface area (Å²) in [6, 6.07) is 13.0. The number of nitrogens with one attached hydrogen (secondary N) is 1. The second-order valence-corrected chi connectivity index (χ2v) is 5.29. The standard InChI is InChI=1S/C17H21NO2/c1-18-17(16-4-3-9-20-16)14-6-5-13-11-15(19-2)8-7-12(13)10-14/h5-8,10-11,16-18H,3-4,9H2,1-2H3. The van der Waals surface area contributed by atoms with Crippen LogP contribution in [0.5, 0.6) is 5.75 Å². The van der Waals surface area contributed by atoms with Crippen LogP contribution >= 0.6 is 0 Å². The van der Waals surface area contributed by atoms with Crippen molar-refractivity contribution in [3.63, 3.8) is 0 Å². The Morgan fingerprint density at radius 3 is 2.70 bits per heavy atom. The highest BCUT2D eigenvalue weighted by Crippen LogP contribution is 2.29. The van der Waals surface area contributed by atoms with E-state index in [0.717, 1.165) is 25.2 Å². The Hall–Kier alpha value is -1.58. The van der Waals surface area contributed by atoms with Crippen molar-refractivity contribution in [3.8, 4) is 5.75 Å². The number of rotatable bonds is 4. The molecule has 1 saturated heterocycles. The molecule has 2 unspecified atom stereocenters. The number of methoxy groups -OCH3 is 1. The number of hydrogen-bond acceptors (Lipinski definition) is 3. The first-order chi connectivity index (χ1) is 9.81. The van der Waals surface area contributed by atoms with Gasteiger partial charge in [0.1, 0.15) is 5.75 Å². The highest BCUT2D eigenvalue weighted by atomic mass is 16.5. The van der Waals surface area contributed by atoms with Crippen molar-refractivity contribution in [2.45, 2.75) is 25.0 Å². The fourth-order valence-corrected chi connectivity index (χ4v) is 3.00. The van der Waals surface area contributed by atoms with Gasteiger partial charge in [-0.2, -0.15) is 0 Å². The number of likely N-dealkylation sites (N-methyl/N-ethyl adjacent to an activating group) is 1. The van der Waals surface area contributed by atoms with Crippen molar-refractivity contribution < 1.29 is 9.47 Å². The van der Waals surface area contributed by atoms with Gasteiger partial charge in [0.05, 0.1) is 19.3 Å². The lowest BCUT2D eigenvalue weighted by molar-refractivity contribution is 0.0808. The average molecular weight is 271 g/mol. The van der Waals surface area contributed by atoms with Crippen LogP contribution in [0.15, 0.2) is 36.4 Å².